The second-order valence-corrected chi connectivity index (χ2v) is 10.2. The highest BCUT2D eigenvalue weighted by Gasteiger charge is 2.41. The van der Waals surface area contributed by atoms with Gasteiger partial charge in [0, 0.05) is 30.0 Å². The van der Waals surface area contributed by atoms with Crippen LogP contribution in [-0.2, 0) is 19.9 Å². The van der Waals surface area contributed by atoms with Crippen molar-refractivity contribution in [2.24, 2.45) is 0 Å². The Kier molecular flexibility index (Phi) is 5.19. The van der Waals surface area contributed by atoms with Gasteiger partial charge in [0.2, 0.25) is 10.0 Å². The first-order valence-electron chi connectivity index (χ1n) is 6.22. The molecule has 10 heteroatoms. The van der Waals surface area contributed by atoms with E-state index >= 15 is 0 Å². The van der Waals surface area contributed by atoms with Crippen LogP contribution >= 0.6 is 23.4 Å². The molecular formula is C11H15ClN2O4S3. The van der Waals surface area contributed by atoms with Crippen molar-refractivity contribution in [2.45, 2.75) is 17.2 Å². The Morgan fingerprint density at radius 2 is 2.14 bits per heavy atom. The molecule has 1 aromatic heterocycles. The van der Waals surface area contributed by atoms with Crippen LogP contribution in [0.2, 0.25) is 5.15 Å². The first-order valence-corrected chi connectivity index (χ1v) is 10.9. The van der Waals surface area contributed by atoms with Gasteiger partial charge < -0.3 is 0 Å². The standard InChI is InChI=1S/C11H15ClN2O4S3/c1-2-20(15,16)10-8-19-7-6-14(10)21(17,18)9-4-3-5-13-11(9)12/h3-5,10H,2,6-8H2,1H3. The number of pyridine rings is 1. The third kappa shape index (κ3) is 3.37. The number of sulfonamides is 1. The lowest BCUT2D eigenvalue weighted by molar-refractivity contribution is 0.403. The Morgan fingerprint density at radius 3 is 2.76 bits per heavy atom. The average molecular weight is 371 g/mol. The fourth-order valence-corrected chi connectivity index (χ4v) is 7.69. The van der Waals surface area contributed by atoms with Crippen molar-refractivity contribution in [1.29, 1.82) is 0 Å². The fourth-order valence-electron chi connectivity index (χ4n) is 2.01. The number of halogens is 1. The molecule has 0 saturated carbocycles. The van der Waals surface area contributed by atoms with Gasteiger partial charge >= 0.3 is 0 Å². The number of thioether (sulfide) groups is 1. The van der Waals surface area contributed by atoms with Crippen LogP contribution in [0.5, 0.6) is 0 Å². The third-order valence-electron chi connectivity index (χ3n) is 3.17. The maximum atomic E-state index is 12.7. The maximum Gasteiger partial charge on any atom is 0.247 e. The highest BCUT2D eigenvalue weighted by atomic mass is 35.5. The van der Waals surface area contributed by atoms with Crippen molar-refractivity contribution >= 4 is 43.2 Å². The van der Waals surface area contributed by atoms with E-state index in [1.165, 1.54) is 37.0 Å². The molecule has 0 amide bonds. The van der Waals surface area contributed by atoms with Gasteiger partial charge in [0.15, 0.2) is 9.84 Å². The van der Waals surface area contributed by atoms with Crippen molar-refractivity contribution < 1.29 is 16.8 Å². The molecule has 1 fully saturated rings. The minimum atomic E-state index is -3.99. The van der Waals surface area contributed by atoms with Crippen LogP contribution in [0.25, 0.3) is 0 Å². The lowest BCUT2D eigenvalue weighted by Crippen LogP contribution is -2.50. The molecule has 0 bridgehead atoms. The molecule has 2 heterocycles. The lowest BCUT2D eigenvalue weighted by Gasteiger charge is -2.33. The summed E-state index contributed by atoms with van der Waals surface area (Å²) in [5, 5.41) is -1.20. The van der Waals surface area contributed by atoms with Gasteiger partial charge in [-0.2, -0.15) is 16.1 Å². The summed E-state index contributed by atoms with van der Waals surface area (Å²) in [6.45, 7) is 1.65. The first kappa shape index (κ1) is 17.0. The highest BCUT2D eigenvalue weighted by molar-refractivity contribution is 8.01. The summed E-state index contributed by atoms with van der Waals surface area (Å²) in [6, 6.07) is 2.79. The van der Waals surface area contributed by atoms with Crippen LogP contribution in [0.15, 0.2) is 23.2 Å². The molecule has 1 unspecified atom stereocenters. The van der Waals surface area contributed by atoms with Gasteiger partial charge in [0.1, 0.15) is 15.4 Å². The molecule has 0 aromatic carbocycles. The number of rotatable bonds is 4. The molecule has 6 nitrogen and oxygen atoms in total. The first-order chi connectivity index (χ1) is 9.80. The molecule has 21 heavy (non-hydrogen) atoms. The number of aromatic nitrogens is 1. The Hall–Kier alpha value is -0.350. The van der Waals surface area contributed by atoms with E-state index in [1.54, 1.807) is 0 Å². The van der Waals surface area contributed by atoms with Crippen LogP contribution in [0, 0.1) is 0 Å². The van der Waals surface area contributed by atoms with Crippen LogP contribution in [-0.4, -0.2) is 55.3 Å². The molecule has 0 aliphatic carbocycles. The quantitative estimate of drug-likeness (QED) is 0.741. The topological polar surface area (TPSA) is 84.4 Å². The third-order valence-corrected chi connectivity index (χ3v) is 8.94. The Balaban J connectivity index is 2.49. The van der Waals surface area contributed by atoms with Crippen LogP contribution in [0.1, 0.15) is 6.92 Å². The Labute approximate surface area is 133 Å². The van der Waals surface area contributed by atoms with E-state index in [2.05, 4.69) is 4.98 Å². The van der Waals surface area contributed by atoms with Crippen LogP contribution in [0.4, 0.5) is 0 Å². The molecule has 1 aliphatic rings. The van der Waals surface area contributed by atoms with Gasteiger partial charge in [0.05, 0.1) is 0 Å². The predicted molar refractivity (Wildman–Crippen MR) is 83.7 cm³/mol. The van der Waals surface area contributed by atoms with Crippen molar-refractivity contribution in [3.63, 3.8) is 0 Å². The molecule has 118 valence electrons. The van der Waals surface area contributed by atoms with Gasteiger partial charge in [-0.3, -0.25) is 0 Å². The van der Waals surface area contributed by atoms with Gasteiger partial charge in [-0.15, -0.1) is 0 Å². The number of hydrogen-bond acceptors (Lipinski definition) is 6. The summed E-state index contributed by atoms with van der Waals surface area (Å²) < 4.78 is 50.8. The van der Waals surface area contributed by atoms with Crippen molar-refractivity contribution in [1.82, 2.24) is 9.29 Å². The Bertz CT molecular complexity index is 721. The van der Waals surface area contributed by atoms with Crippen molar-refractivity contribution in [2.75, 3.05) is 23.8 Å². The van der Waals surface area contributed by atoms with Crippen LogP contribution < -0.4 is 0 Å². The number of sulfone groups is 1. The summed E-state index contributed by atoms with van der Waals surface area (Å²) in [7, 11) is -7.50. The van der Waals surface area contributed by atoms with Gasteiger partial charge in [-0.1, -0.05) is 18.5 Å². The minimum Gasteiger partial charge on any atom is -0.243 e. The second kappa shape index (κ2) is 6.41. The van der Waals surface area contributed by atoms with Crippen molar-refractivity contribution in [3.05, 3.63) is 23.5 Å². The average Bonchev–Trinajstić information content (AvgIpc) is 2.47. The predicted octanol–water partition coefficient (Wildman–Crippen LogP) is 1.23. The SMILES string of the molecule is CCS(=O)(=O)C1CSCCN1S(=O)(=O)c1cccnc1Cl. The van der Waals surface area contributed by atoms with Crippen LogP contribution in [0.3, 0.4) is 0 Å². The molecule has 0 radical (unpaired) electrons. The zero-order valence-corrected chi connectivity index (χ0v) is 14.5. The molecule has 1 aromatic rings. The second-order valence-electron chi connectivity index (χ2n) is 4.39. The van der Waals surface area contributed by atoms with E-state index in [4.69, 9.17) is 11.6 Å². The highest BCUT2D eigenvalue weighted by Crippen LogP contribution is 2.30. The maximum absolute atomic E-state index is 12.7. The van der Waals surface area contributed by atoms with E-state index in [0.29, 0.717) is 5.75 Å². The Morgan fingerprint density at radius 1 is 1.43 bits per heavy atom. The molecular weight excluding hydrogens is 356 g/mol. The monoisotopic (exact) mass is 370 g/mol. The van der Waals surface area contributed by atoms with E-state index in [1.807, 2.05) is 0 Å². The van der Waals surface area contributed by atoms with Gasteiger partial charge in [0.25, 0.3) is 0 Å². The minimum absolute atomic E-state index is 0.106. The molecule has 1 aliphatic heterocycles. The van der Waals surface area contributed by atoms with E-state index in [-0.39, 0.29) is 28.1 Å². The zero-order valence-electron chi connectivity index (χ0n) is 11.3. The largest absolute Gasteiger partial charge is 0.247 e. The van der Waals surface area contributed by atoms with E-state index in [9.17, 15) is 16.8 Å². The molecule has 0 spiro atoms. The van der Waals surface area contributed by atoms with E-state index in [0.717, 1.165) is 4.31 Å². The summed E-state index contributed by atoms with van der Waals surface area (Å²) in [6.07, 6.45) is 1.38. The molecule has 1 saturated heterocycles. The fraction of sp³-hybridized carbons (Fsp3) is 0.545. The number of nitrogens with zero attached hydrogens (tertiary/aromatic N) is 2. The lowest BCUT2D eigenvalue weighted by atomic mass is 10.5. The van der Waals surface area contributed by atoms with Gasteiger partial charge in [-0.05, 0) is 12.1 Å². The summed E-state index contributed by atoms with van der Waals surface area (Å²) in [5.41, 5.74) is 0. The van der Waals surface area contributed by atoms with E-state index < -0.39 is 25.2 Å². The van der Waals surface area contributed by atoms with Gasteiger partial charge in [-0.25, -0.2) is 21.8 Å². The zero-order chi connectivity index (χ0) is 15.7. The molecule has 2 rings (SSSR count). The summed E-state index contributed by atoms with van der Waals surface area (Å²) in [4.78, 5) is 3.60. The smallest absolute Gasteiger partial charge is 0.243 e. The van der Waals surface area contributed by atoms with Crippen molar-refractivity contribution in [3.8, 4) is 0 Å². The molecule has 1 atom stereocenters. The molecule has 0 N–H and O–H groups in total. The normalized spacial score (nSPS) is 21.3. The summed E-state index contributed by atoms with van der Waals surface area (Å²) >= 11 is 7.28. The number of hydrogen-bond donors (Lipinski definition) is 0. The summed E-state index contributed by atoms with van der Waals surface area (Å²) in [5.74, 6) is 0.672.